The van der Waals surface area contributed by atoms with Gasteiger partial charge in [-0.3, -0.25) is 9.78 Å². The lowest BCUT2D eigenvalue weighted by molar-refractivity contribution is -0.123. The van der Waals surface area contributed by atoms with E-state index in [9.17, 15) is 9.59 Å². The Morgan fingerprint density at radius 3 is 2.50 bits per heavy atom. The number of urea groups is 1. The molecule has 2 heterocycles. The summed E-state index contributed by atoms with van der Waals surface area (Å²) in [6.45, 7) is 2.55. The molecule has 172 valence electrons. The number of amides is 3. The average molecular weight is 476 g/mol. The molecule has 1 unspecified atom stereocenters. The first kappa shape index (κ1) is 24.2. The van der Waals surface area contributed by atoms with Crippen LogP contribution in [0.2, 0.25) is 5.02 Å². The molecule has 1 aromatic heterocycles. The molecule has 1 aromatic carbocycles. The zero-order valence-electron chi connectivity index (χ0n) is 18.2. The maximum absolute atomic E-state index is 12.8. The van der Waals surface area contributed by atoms with Gasteiger partial charge in [0.2, 0.25) is 5.91 Å². The molecule has 0 radical (unpaired) electrons. The van der Waals surface area contributed by atoms with Crippen LogP contribution in [0.5, 0.6) is 0 Å². The molecular formula is C23H30ClN5O2S. The van der Waals surface area contributed by atoms with Gasteiger partial charge in [0, 0.05) is 48.4 Å². The molecule has 1 atom stereocenters. The minimum atomic E-state index is -0.577. The zero-order chi connectivity index (χ0) is 22.8. The molecule has 0 saturated carbocycles. The van der Waals surface area contributed by atoms with Gasteiger partial charge in [0.25, 0.3) is 0 Å². The normalized spacial score (nSPS) is 15.1. The predicted molar refractivity (Wildman–Crippen MR) is 133 cm³/mol. The quantitative estimate of drug-likeness (QED) is 0.510. The summed E-state index contributed by atoms with van der Waals surface area (Å²) < 4.78 is 0. The highest BCUT2D eigenvalue weighted by atomic mass is 35.5. The molecule has 3 amide bonds. The lowest BCUT2D eigenvalue weighted by atomic mass is 9.96. The van der Waals surface area contributed by atoms with Gasteiger partial charge in [-0.1, -0.05) is 11.6 Å². The van der Waals surface area contributed by atoms with Gasteiger partial charge in [-0.15, -0.1) is 0 Å². The summed E-state index contributed by atoms with van der Waals surface area (Å²) in [5, 5.41) is 9.21. The fourth-order valence-corrected chi connectivity index (χ4v) is 4.28. The number of carbonyl (C=O) groups is 2. The van der Waals surface area contributed by atoms with E-state index in [1.54, 1.807) is 36.0 Å². The number of carbonyl (C=O) groups excluding carboxylic acids is 2. The summed E-state index contributed by atoms with van der Waals surface area (Å²) in [5.41, 5.74) is 1.81. The van der Waals surface area contributed by atoms with Crippen LogP contribution in [-0.2, 0) is 4.79 Å². The molecule has 7 nitrogen and oxygen atoms in total. The standard InChI is InChI=1S/C23H30ClN5O2S/c1-32-15-10-21(28-23(31)27-19-4-2-18(24)3-5-19)22(30)26-16-17-8-13-29(14-9-17)20-6-11-25-12-7-20/h2-7,11-12,17,21H,8-10,13-16H2,1H3,(H,26,30)(H2,27,28,31). The molecule has 0 bridgehead atoms. The van der Waals surface area contributed by atoms with Crippen LogP contribution in [0.25, 0.3) is 0 Å². The van der Waals surface area contributed by atoms with Crippen molar-refractivity contribution in [2.75, 3.05) is 41.9 Å². The van der Waals surface area contributed by atoms with Crippen LogP contribution >= 0.6 is 23.4 Å². The van der Waals surface area contributed by atoms with E-state index in [4.69, 9.17) is 11.6 Å². The van der Waals surface area contributed by atoms with E-state index in [0.717, 1.165) is 31.7 Å². The monoisotopic (exact) mass is 475 g/mol. The number of hydrogen-bond acceptors (Lipinski definition) is 5. The van der Waals surface area contributed by atoms with E-state index in [2.05, 4.69) is 25.8 Å². The van der Waals surface area contributed by atoms with Crippen molar-refractivity contribution in [3.05, 3.63) is 53.8 Å². The summed E-state index contributed by atoms with van der Waals surface area (Å²) in [5.74, 6) is 1.08. The fourth-order valence-electron chi connectivity index (χ4n) is 3.68. The Bertz CT molecular complexity index is 860. The van der Waals surface area contributed by atoms with E-state index >= 15 is 0 Å². The van der Waals surface area contributed by atoms with Crippen LogP contribution in [0.3, 0.4) is 0 Å². The first-order chi connectivity index (χ1) is 15.5. The summed E-state index contributed by atoms with van der Waals surface area (Å²) in [7, 11) is 0. The van der Waals surface area contributed by atoms with Gasteiger partial charge in [-0.2, -0.15) is 11.8 Å². The minimum absolute atomic E-state index is 0.137. The summed E-state index contributed by atoms with van der Waals surface area (Å²) >= 11 is 7.53. The third-order valence-corrected chi connectivity index (χ3v) is 6.44. The fraction of sp³-hybridized carbons (Fsp3) is 0.435. The average Bonchev–Trinajstić information content (AvgIpc) is 2.82. The number of piperidine rings is 1. The first-order valence-electron chi connectivity index (χ1n) is 10.8. The number of halogens is 1. The van der Waals surface area contributed by atoms with Crippen LogP contribution in [0.4, 0.5) is 16.2 Å². The number of pyridine rings is 1. The SMILES string of the molecule is CSCCC(NC(=O)Nc1ccc(Cl)cc1)C(=O)NCC1CCN(c2ccncc2)CC1. The number of nitrogens with zero attached hydrogens (tertiary/aromatic N) is 2. The Morgan fingerprint density at radius 1 is 1.16 bits per heavy atom. The molecule has 2 aromatic rings. The lowest BCUT2D eigenvalue weighted by Gasteiger charge is -2.33. The van der Waals surface area contributed by atoms with Gasteiger partial charge in [0.15, 0.2) is 0 Å². The summed E-state index contributed by atoms with van der Waals surface area (Å²) in [6, 6.07) is 9.92. The van der Waals surface area contributed by atoms with Gasteiger partial charge in [0.1, 0.15) is 6.04 Å². The van der Waals surface area contributed by atoms with Crippen molar-refractivity contribution in [2.24, 2.45) is 5.92 Å². The number of nitrogens with one attached hydrogen (secondary N) is 3. The van der Waals surface area contributed by atoms with Crippen molar-refractivity contribution in [2.45, 2.75) is 25.3 Å². The van der Waals surface area contributed by atoms with Gasteiger partial charge in [0.05, 0.1) is 0 Å². The molecule has 32 heavy (non-hydrogen) atoms. The maximum Gasteiger partial charge on any atom is 0.319 e. The Kier molecular flexibility index (Phi) is 9.49. The zero-order valence-corrected chi connectivity index (χ0v) is 19.8. The van der Waals surface area contributed by atoms with Crippen molar-refractivity contribution >= 4 is 46.7 Å². The second-order valence-electron chi connectivity index (χ2n) is 7.82. The Hall–Kier alpha value is -2.45. The Balaban J connectivity index is 1.45. The van der Waals surface area contributed by atoms with Gasteiger partial charge in [-0.05, 0) is 73.6 Å². The highest BCUT2D eigenvalue weighted by Gasteiger charge is 2.24. The van der Waals surface area contributed by atoms with E-state index in [0.29, 0.717) is 29.6 Å². The van der Waals surface area contributed by atoms with Crippen LogP contribution in [0.1, 0.15) is 19.3 Å². The number of rotatable bonds is 9. The number of hydrogen-bond donors (Lipinski definition) is 3. The van der Waals surface area contributed by atoms with Crippen LogP contribution in [0.15, 0.2) is 48.8 Å². The Labute approximate surface area is 198 Å². The second kappa shape index (κ2) is 12.6. The van der Waals surface area contributed by atoms with Crippen molar-refractivity contribution in [1.29, 1.82) is 0 Å². The second-order valence-corrected chi connectivity index (χ2v) is 9.24. The van der Waals surface area contributed by atoms with Crippen LogP contribution < -0.4 is 20.9 Å². The van der Waals surface area contributed by atoms with Crippen molar-refractivity contribution < 1.29 is 9.59 Å². The van der Waals surface area contributed by atoms with Gasteiger partial charge in [-0.25, -0.2) is 4.79 Å². The molecule has 1 aliphatic heterocycles. The predicted octanol–water partition coefficient (Wildman–Crippen LogP) is 4.01. The minimum Gasteiger partial charge on any atom is -0.371 e. The molecule has 1 fully saturated rings. The number of aromatic nitrogens is 1. The summed E-state index contributed by atoms with van der Waals surface area (Å²) in [6.07, 6.45) is 8.21. The highest BCUT2D eigenvalue weighted by Crippen LogP contribution is 2.22. The molecular weight excluding hydrogens is 446 g/mol. The number of thioether (sulfide) groups is 1. The Morgan fingerprint density at radius 2 is 1.84 bits per heavy atom. The van der Waals surface area contributed by atoms with E-state index < -0.39 is 12.1 Å². The third kappa shape index (κ3) is 7.60. The smallest absolute Gasteiger partial charge is 0.319 e. The van der Waals surface area contributed by atoms with Crippen molar-refractivity contribution in [1.82, 2.24) is 15.6 Å². The van der Waals surface area contributed by atoms with Crippen LogP contribution in [-0.4, -0.2) is 54.6 Å². The highest BCUT2D eigenvalue weighted by molar-refractivity contribution is 7.98. The van der Waals surface area contributed by atoms with E-state index in [-0.39, 0.29) is 5.91 Å². The molecule has 0 aliphatic carbocycles. The van der Waals surface area contributed by atoms with E-state index in [1.807, 2.05) is 30.8 Å². The number of benzene rings is 1. The number of anilines is 2. The van der Waals surface area contributed by atoms with Gasteiger partial charge >= 0.3 is 6.03 Å². The largest absolute Gasteiger partial charge is 0.371 e. The van der Waals surface area contributed by atoms with Crippen molar-refractivity contribution in [3.63, 3.8) is 0 Å². The molecule has 1 saturated heterocycles. The van der Waals surface area contributed by atoms with E-state index in [1.165, 1.54) is 5.69 Å². The summed E-state index contributed by atoms with van der Waals surface area (Å²) in [4.78, 5) is 31.6. The molecule has 3 rings (SSSR count). The first-order valence-corrected chi connectivity index (χ1v) is 12.6. The topological polar surface area (TPSA) is 86.4 Å². The van der Waals surface area contributed by atoms with Gasteiger partial charge < -0.3 is 20.9 Å². The molecule has 1 aliphatic rings. The van der Waals surface area contributed by atoms with Crippen molar-refractivity contribution in [3.8, 4) is 0 Å². The maximum atomic E-state index is 12.8. The van der Waals surface area contributed by atoms with Crippen LogP contribution in [0, 0.1) is 5.92 Å². The lowest BCUT2D eigenvalue weighted by Crippen LogP contribution is -2.49. The molecule has 3 N–H and O–H groups in total. The molecule has 9 heteroatoms. The third-order valence-electron chi connectivity index (χ3n) is 5.54. The molecule has 0 spiro atoms.